The molecule has 0 atom stereocenters. The summed E-state index contributed by atoms with van der Waals surface area (Å²) in [6.07, 6.45) is 1.47. The number of ether oxygens (including phenoxy) is 1. The highest BCUT2D eigenvalue weighted by Gasteiger charge is 2.37. The van der Waals surface area contributed by atoms with E-state index in [1.165, 1.54) is 19.1 Å². The molecule has 0 aliphatic rings. The largest absolute Gasteiger partial charge is 0.461 e. The van der Waals surface area contributed by atoms with Gasteiger partial charge in [-0.05, 0) is 30.7 Å². The van der Waals surface area contributed by atoms with Crippen molar-refractivity contribution in [2.45, 2.75) is 12.8 Å². The van der Waals surface area contributed by atoms with Crippen molar-refractivity contribution in [3.05, 3.63) is 41.7 Å². The van der Waals surface area contributed by atoms with E-state index >= 15 is 0 Å². The first-order chi connectivity index (χ1) is 7.95. The lowest BCUT2D eigenvalue weighted by Gasteiger charge is -2.09. The average molecular weight is 244 g/mol. The maximum absolute atomic E-state index is 13.1. The van der Waals surface area contributed by atoms with Gasteiger partial charge in [-0.25, -0.2) is 9.18 Å². The Kier molecular flexibility index (Phi) is 4.31. The van der Waals surface area contributed by atoms with E-state index in [-0.39, 0.29) is 6.61 Å². The lowest BCUT2D eigenvalue weighted by molar-refractivity contribution is -0.164. The van der Waals surface area contributed by atoms with Gasteiger partial charge in [0.2, 0.25) is 0 Å². The Hall–Kier alpha value is -1.78. The van der Waals surface area contributed by atoms with Gasteiger partial charge < -0.3 is 4.74 Å². The smallest absolute Gasteiger partial charge is 0.381 e. The zero-order valence-corrected chi connectivity index (χ0v) is 9.12. The molecule has 0 N–H and O–H groups in total. The number of benzene rings is 1. The topological polar surface area (TPSA) is 26.3 Å². The van der Waals surface area contributed by atoms with Crippen LogP contribution in [0, 0.1) is 5.82 Å². The third kappa shape index (κ3) is 3.94. The van der Waals surface area contributed by atoms with Gasteiger partial charge in [0.05, 0.1) is 6.61 Å². The first-order valence-corrected chi connectivity index (χ1v) is 4.95. The minimum Gasteiger partial charge on any atom is -0.461 e. The molecule has 0 fully saturated rings. The van der Waals surface area contributed by atoms with Gasteiger partial charge in [0.15, 0.2) is 0 Å². The molecule has 0 amide bonds. The number of alkyl halides is 2. The van der Waals surface area contributed by atoms with Gasteiger partial charge in [-0.3, -0.25) is 0 Å². The number of halogens is 3. The second-order valence-electron chi connectivity index (χ2n) is 3.23. The quantitative estimate of drug-likeness (QED) is 0.761. The first kappa shape index (κ1) is 13.3. The van der Waals surface area contributed by atoms with E-state index in [0.717, 1.165) is 18.2 Å². The maximum atomic E-state index is 13.1. The summed E-state index contributed by atoms with van der Waals surface area (Å²) in [7, 11) is 0. The third-order valence-corrected chi connectivity index (χ3v) is 1.90. The number of rotatable bonds is 4. The Morgan fingerprint density at radius 2 is 1.94 bits per heavy atom. The van der Waals surface area contributed by atoms with E-state index in [2.05, 4.69) is 4.74 Å². The fraction of sp³-hybridized carbons (Fsp3) is 0.250. The predicted octanol–water partition coefficient (Wildman–Crippen LogP) is 3.04. The normalized spacial score (nSPS) is 11.8. The Labute approximate surface area is 96.7 Å². The summed E-state index contributed by atoms with van der Waals surface area (Å²) in [5.41, 5.74) is 0.371. The first-order valence-electron chi connectivity index (χ1n) is 4.95. The maximum Gasteiger partial charge on any atom is 0.381 e. The van der Waals surface area contributed by atoms with Gasteiger partial charge >= 0.3 is 11.9 Å². The number of esters is 1. The van der Waals surface area contributed by atoms with Crippen LogP contribution in [-0.2, 0) is 9.53 Å². The fourth-order valence-corrected chi connectivity index (χ4v) is 1.07. The summed E-state index contributed by atoms with van der Waals surface area (Å²) >= 11 is 0. The van der Waals surface area contributed by atoms with Crippen LogP contribution in [0.2, 0.25) is 0 Å². The molecule has 92 valence electrons. The predicted molar refractivity (Wildman–Crippen MR) is 57.0 cm³/mol. The number of hydrogen-bond acceptors (Lipinski definition) is 2. The van der Waals surface area contributed by atoms with Crippen LogP contribution < -0.4 is 0 Å². The molecule has 17 heavy (non-hydrogen) atoms. The van der Waals surface area contributed by atoms with E-state index in [9.17, 15) is 18.0 Å². The van der Waals surface area contributed by atoms with Crippen LogP contribution in [0.3, 0.4) is 0 Å². The highest BCUT2D eigenvalue weighted by atomic mass is 19.3. The molecule has 0 spiro atoms. The van der Waals surface area contributed by atoms with Crippen molar-refractivity contribution < 1.29 is 22.7 Å². The van der Waals surface area contributed by atoms with Gasteiger partial charge in [0.25, 0.3) is 0 Å². The average Bonchev–Trinajstić information content (AvgIpc) is 2.29. The van der Waals surface area contributed by atoms with Crippen molar-refractivity contribution in [2.75, 3.05) is 6.61 Å². The van der Waals surface area contributed by atoms with Gasteiger partial charge in [-0.1, -0.05) is 18.2 Å². The van der Waals surface area contributed by atoms with Crippen molar-refractivity contribution in [3.8, 4) is 0 Å². The molecule has 5 heteroatoms. The van der Waals surface area contributed by atoms with Crippen LogP contribution in [0.15, 0.2) is 30.3 Å². The molecule has 1 rings (SSSR count). The van der Waals surface area contributed by atoms with Crippen molar-refractivity contribution >= 4 is 12.0 Å². The summed E-state index contributed by atoms with van der Waals surface area (Å²) < 4.78 is 43.0. The van der Waals surface area contributed by atoms with Crippen molar-refractivity contribution in [3.63, 3.8) is 0 Å². The lowest BCUT2D eigenvalue weighted by atomic mass is 10.2. The van der Waals surface area contributed by atoms with Crippen LogP contribution in [-0.4, -0.2) is 18.5 Å². The van der Waals surface area contributed by atoms with E-state index in [4.69, 9.17) is 0 Å². The van der Waals surface area contributed by atoms with Gasteiger partial charge in [-0.2, -0.15) is 8.78 Å². The summed E-state index contributed by atoms with van der Waals surface area (Å²) in [5.74, 6) is -5.73. The molecule has 0 radical (unpaired) electrons. The van der Waals surface area contributed by atoms with Gasteiger partial charge in [-0.15, -0.1) is 0 Å². The Morgan fingerprint density at radius 3 is 2.47 bits per heavy atom. The highest BCUT2D eigenvalue weighted by molar-refractivity contribution is 5.81. The Bertz CT molecular complexity index is 410. The molecule has 0 heterocycles. The molecular formula is C12H11F3O2. The molecule has 0 aliphatic heterocycles. The van der Waals surface area contributed by atoms with Gasteiger partial charge in [0.1, 0.15) is 5.82 Å². The van der Waals surface area contributed by atoms with Crippen LogP contribution in [0.4, 0.5) is 13.2 Å². The third-order valence-electron chi connectivity index (χ3n) is 1.90. The lowest BCUT2D eigenvalue weighted by Crippen LogP contribution is -2.28. The van der Waals surface area contributed by atoms with E-state index in [0.29, 0.717) is 11.6 Å². The van der Waals surface area contributed by atoms with Crippen LogP contribution in [0.25, 0.3) is 6.08 Å². The molecule has 1 aromatic carbocycles. The second kappa shape index (κ2) is 5.52. The van der Waals surface area contributed by atoms with Crippen LogP contribution >= 0.6 is 0 Å². The molecule has 0 saturated carbocycles. The van der Waals surface area contributed by atoms with Crippen molar-refractivity contribution in [2.24, 2.45) is 0 Å². The van der Waals surface area contributed by atoms with E-state index in [1.54, 1.807) is 0 Å². The van der Waals surface area contributed by atoms with E-state index in [1.807, 2.05) is 0 Å². The molecule has 0 bridgehead atoms. The molecule has 0 aliphatic carbocycles. The molecule has 1 aromatic rings. The van der Waals surface area contributed by atoms with Crippen LogP contribution in [0.1, 0.15) is 12.5 Å². The van der Waals surface area contributed by atoms with Crippen molar-refractivity contribution in [1.29, 1.82) is 0 Å². The standard InChI is InChI=1S/C12H11F3O2/c1-2-17-11(16)12(14,15)8-7-9-3-5-10(13)6-4-9/h3-8H,2H2,1H3/b8-7-. The number of carbonyl (C=O) groups is 1. The summed E-state index contributed by atoms with van der Waals surface area (Å²) in [5, 5.41) is 0. The van der Waals surface area contributed by atoms with E-state index < -0.39 is 17.7 Å². The highest BCUT2D eigenvalue weighted by Crippen LogP contribution is 2.19. The monoisotopic (exact) mass is 244 g/mol. The van der Waals surface area contributed by atoms with Crippen LogP contribution in [0.5, 0.6) is 0 Å². The number of hydrogen-bond donors (Lipinski definition) is 0. The second-order valence-corrected chi connectivity index (χ2v) is 3.23. The molecule has 0 saturated heterocycles. The fourth-order valence-electron chi connectivity index (χ4n) is 1.07. The molecule has 2 nitrogen and oxygen atoms in total. The summed E-state index contributed by atoms with van der Waals surface area (Å²) in [6.45, 7) is 1.33. The minimum atomic E-state index is -3.68. The molecule has 0 unspecified atom stereocenters. The van der Waals surface area contributed by atoms with Gasteiger partial charge in [0, 0.05) is 0 Å². The summed E-state index contributed by atoms with van der Waals surface area (Å²) in [6, 6.07) is 4.94. The molecule has 0 aromatic heterocycles. The zero-order valence-electron chi connectivity index (χ0n) is 9.12. The zero-order chi connectivity index (χ0) is 12.9. The SMILES string of the molecule is CCOC(=O)C(F)(F)/C=C\c1ccc(F)cc1. The molecular weight excluding hydrogens is 233 g/mol. The van der Waals surface area contributed by atoms with Crippen molar-refractivity contribution in [1.82, 2.24) is 0 Å². The Morgan fingerprint density at radius 1 is 1.35 bits per heavy atom. The Balaban J connectivity index is 2.75. The number of carbonyl (C=O) groups excluding carboxylic acids is 1. The minimum absolute atomic E-state index is 0.112. The summed E-state index contributed by atoms with van der Waals surface area (Å²) in [4.78, 5) is 10.9.